The zero-order chi connectivity index (χ0) is 11.0. The maximum Gasteiger partial charge on any atom is 0.332 e. The van der Waals surface area contributed by atoms with E-state index in [-0.39, 0.29) is 5.97 Å². The van der Waals surface area contributed by atoms with E-state index in [4.69, 9.17) is 4.74 Å². The largest absolute Gasteiger partial charge is 0.446 e. The molecule has 1 unspecified atom stereocenters. The first kappa shape index (κ1) is 9.64. The Bertz CT molecular complexity index is 447. The highest BCUT2D eigenvalue weighted by molar-refractivity contribution is 5.87. The summed E-state index contributed by atoms with van der Waals surface area (Å²) < 4.78 is 5.61. The van der Waals surface area contributed by atoms with Crippen molar-refractivity contribution in [1.29, 1.82) is 0 Å². The summed E-state index contributed by atoms with van der Waals surface area (Å²) in [5, 5.41) is 0. The summed E-state index contributed by atoms with van der Waals surface area (Å²) in [5.41, 5.74) is 1.85. The fourth-order valence-electron chi connectivity index (χ4n) is 2.80. The van der Waals surface area contributed by atoms with Crippen molar-refractivity contribution in [3.05, 3.63) is 47.5 Å². The van der Waals surface area contributed by atoms with Crippen molar-refractivity contribution < 1.29 is 9.53 Å². The fourth-order valence-corrected chi connectivity index (χ4v) is 2.80. The molecule has 82 valence electrons. The van der Waals surface area contributed by atoms with E-state index in [9.17, 15) is 4.79 Å². The number of carbonyl (C=O) groups is 1. The molecule has 2 nitrogen and oxygen atoms in total. The van der Waals surface area contributed by atoms with Crippen molar-refractivity contribution in [1.82, 2.24) is 0 Å². The van der Waals surface area contributed by atoms with E-state index in [1.54, 1.807) is 6.08 Å². The van der Waals surface area contributed by atoms with Crippen LogP contribution in [0.15, 0.2) is 42.0 Å². The van der Waals surface area contributed by atoms with Gasteiger partial charge >= 0.3 is 5.97 Å². The van der Waals surface area contributed by atoms with Crippen LogP contribution < -0.4 is 0 Å². The Labute approximate surface area is 94.9 Å². The molecule has 0 spiro atoms. The summed E-state index contributed by atoms with van der Waals surface area (Å²) in [7, 11) is 0. The molecule has 1 fully saturated rings. The summed E-state index contributed by atoms with van der Waals surface area (Å²) in [6.07, 6.45) is 5.89. The molecule has 1 aliphatic heterocycles. The lowest BCUT2D eigenvalue weighted by atomic mass is 9.76. The minimum absolute atomic E-state index is 0.180. The third-order valence-corrected chi connectivity index (χ3v) is 3.55. The number of ether oxygens (including phenoxy) is 1. The number of benzene rings is 1. The van der Waals surface area contributed by atoms with Gasteiger partial charge in [0.05, 0.1) is 0 Å². The van der Waals surface area contributed by atoms with Crippen LogP contribution in [0, 0.1) is 0 Å². The van der Waals surface area contributed by atoms with Crippen LogP contribution in [-0.2, 0) is 15.1 Å². The monoisotopic (exact) mass is 214 g/mol. The predicted molar refractivity (Wildman–Crippen MR) is 60.8 cm³/mol. The van der Waals surface area contributed by atoms with E-state index in [0.717, 1.165) is 36.8 Å². The summed E-state index contributed by atoms with van der Waals surface area (Å²) in [6, 6.07) is 10.1. The molecule has 1 aliphatic carbocycles. The van der Waals surface area contributed by atoms with Crippen molar-refractivity contribution in [3.8, 4) is 0 Å². The lowest BCUT2D eigenvalue weighted by Crippen LogP contribution is -2.31. The van der Waals surface area contributed by atoms with Gasteiger partial charge in [-0.05, 0) is 36.8 Å². The number of hydrogen-bond acceptors (Lipinski definition) is 2. The van der Waals surface area contributed by atoms with Crippen molar-refractivity contribution in [3.63, 3.8) is 0 Å². The molecule has 1 atom stereocenters. The van der Waals surface area contributed by atoms with Crippen molar-refractivity contribution in [2.45, 2.75) is 31.3 Å². The highest BCUT2D eigenvalue weighted by Gasteiger charge is 2.45. The van der Waals surface area contributed by atoms with Crippen LogP contribution in [-0.4, -0.2) is 5.97 Å². The number of esters is 1. The maximum absolute atomic E-state index is 11.5. The Morgan fingerprint density at radius 3 is 2.75 bits per heavy atom. The Balaban J connectivity index is 2.09. The van der Waals surface area contributed by atoms with Crippen LogP contribution in [0.2, 0.25) is 0 Å². The number of carbonyl (C=O) groups excluding carboxylic acids is 1. The van der Waals surface area contributed by atoms with E-state index in [1.165, 1.54) is 0 Å². The zero-order valence-electron chi connectivity index (χ0n) is 9.11. The van der Waals surface area contributed by atoms with Crippen LogP contribution in [0.3, 0.4) is 0 Å². The fraction of sp³-hybridized carbons (Fsp3) is 0.357. The SMILES string of the molecule is O=C1C=C2CCCCC2(c2ccccc2)O1. The van der Waals surface area contributed by atoms with Gasteiger partial charge in [0.25, 0.3) is 0 Å². The first-order valence-corrected chi connectivity index (χ1v) is 5.81. The second-order valence-corrected chi connectivity index (χ2v) is 4.49. The molecule has 1 saturated carbocycles. The minimum atomic E-state index is -0.434. The smallest absolute Gasteiger partial charge is 0.332 e. The molecule has 2 heteroatoms. The van der Waals surface area contributed by atoms with E-state index < -0.39 is 5.60 Å². The molecular weight excluding hydrogens is 200 g/mol. The Hall–Kier alpha value is -1.57. The second-order valence-electron chi connectivity index (χ2n) is 4.49. The van der Waals surface area contributed by atoms with Crippen LogP contribution in [0.25, 0.3) is 0 Å². The number of hydrogen-bond donors (Lipinski definition) is 0. The van der Waals surface area contributed by atoms with Crippen LogP contribution in [0.4, 0.5) is 0 Å². The van der Waals surface area contributed by atoms with Gasteiger partial charge in [0, 0.05) is 6.08 Å². The summed E-state index contributed by atoms with van der Waals surface area (Å²) >= 11 is 0. The normalized spacial score (nSPS) is 28.2. The van der Waals surface area contributed by atoms with E-state index in [0.29, 0.717) is 0 Å². The Kier molecular flexibility index (Phi) is 2.10. The summed E-state index contributed by atoms with van der Waals surface area (Å²) in [6.45, 7) is 0. The second kappa shape index (κ2) is 3.48. The Morgan fingerprint density at radius 1 is 1.12 bits per heavy atom. The van der Waals surface area contributed by atoms with E-state index in [2.05, 4.69) is 12.1 Å². The van der Waals surface area contributed by atoms with Crippen LogP contribution in [0.5, 0.6) is 0 Å². The van der Waals surface area contributed by atoms with Gasteiger partial charge in [-0.15, -0.1) is 0 Å². The lowest BCUT2D eigenvalue weighted by Gasteiger charge is -2.35. The molecule has 1 aromatic rings. The molecule has 0 N–H and O–H groups in total. The third-order valence-electron chi connectivity index (χ3n) is 3.55. The van der Waals surface area contributed by atoms with E-state index >= 15 is 0 Å². The predicted octanol–water partition coefficient (Wildman–Crippen LogP) is 2.94. The molecule has 0 radical (unpaired) electrons. The van der Waals surface area contributed by atoms with Crippen molar-refractivity contribution in [2.24, 2.45) is 0 Å². The van der Waals surface area contributed by atoms with E-state index in [1.807, 2.05) is 18.2 Å². The maximum atomic E-state index is 11.5. The van der Waals surface area contributed by atoms with Gasteiger partial charge in [0.15, 0.2) is 5.60 Å². The zero-order valence-corrected chi connectivity index (χ0v) is 9.11. The van der Waals surface area contributed by atoms with Gasteiger partial charge < -0.3 is 4.74 Å². The molecule has 2 aliphatic rings. The Morgan fingerprint density at radius 2 is 1.94 bits per heavy atom. The number of fused-ring (bicyclic) bond motifs is 1. The standard InChI is InChI=1S/C14H14O2/c15-13-10-12-8-4-5-9-14(12,16-13)11-6-2-1-3-7-11/h1-3,6-7,10H,4-5,8-9H2. The molecular formula is C14H14O2. The molecule has 1 heterocycles. The van der Waals surface area contributed by atoms with Crippen LogP contribution >= 0.6 is 0 Å². The third kappa shape index (κ3) is 1.29. The lowest BCUT2D eigenvalue weighted by molar-refractivity contribution is -0.148. The molecule has 0 saturated heterocycles. The minimum Gasteiger partial charge on any atom is -0.446 e. The van der Waals surface area contributed by atoms with Gasteiger partial charge in [0.1, 0.15) is 0 Å². The highest BCUT2D eigenvalue weighted by atomic mass is 16.6. The van der Waals surface area contributed by atoms with Gasteiger partial charge in [-0.2, -0.15) is 0 Å². The molecule has 16 heavy (non-hydrogen) atoms. The molecule has 0 aromatic heterocycles. The quantitative estimate of drug-likeness (QED) is 0.672. The molecule has 3 rings (SSSR count). The van der Waals surface area contributed by atoms with Gasteiger partial charge in [0.2, 0.25) is 0 Å². The molecule has 0 amide bonds. The topological polar surface area (TPSA) is 26.3 Å². The van der Waals surface area contributed by atoms with Crippen LogP contribution in [0.1, 0.15) is 31.2 Å². The molecule has 1 aromatic carbocycles. The molecule has 0 bridgehead atoms. The van der Waals surface area contributed by atoms with Gasteiger partial charge in [-0.25, -0.2) is 4.79 Å². The summed E-state index contributed by atoms with van der Waals surface area (Å²) in [4.78, 5) is 11.5. The number of rotatable bonds is 1. The van der Waals surface area contributed by atoms with Crippen molar-refractivity contribution in [2.75, 3.05) is 0 Å². The average Bonchev–Trinajstić information content (AvgIpc) is 2.67. The van der Waals surface area contributed by atoms with Crippen molar-refractivity contribution >= 4 is 5.97 Å². The van der Waals surface area contributed by atoms with Gasteiger partial charge in [-0.3, -0.25) is 0 Å². The highest BCUT2D eigenvalue weighted by Crippen LogP contribution is 2.47. The summed E-state index contributed by atoms with van der Waals surface area (Å²) in [5.74, 6) is -0.180. The first-order chi connectivity index (χ1) is 7.81. The first-order valence-electron chi connectivity index (χ1n) is 5.81. The average molecular weight is 214 g/mol. The van der Waals surface area contributed by atoms with Gasteiger partial charge in [-0.1, -0.05) is 30.3 Å².